The fourth-order valence-electron chi connectivity index (χ4n) is 3.04. The number of imidazole rings is 1. The van der Waals surface area contributed by atoms with Crippen molar-refractivity contribution in [1.29, 1.82) is 0 Å². The molecule has 4 rings (SSSR count). The van der Waals surface area contributed by atoms with Gasteiger partial charge in [0.15, 0.2) is 11.5 Å². The lowest BCUT2D eigenvalue weighted by Crippen LogP contribution is -2.05. The molecule has 0 amide bonds. The molecule has 6 heteroatoms. The normalized spacial score (nSPS) is 10.9. The first-order valence-electron chi connectivity index (χ1n) is 8.77. The highest BCUT2D eigenvalue weighted by Gasteiger charge is 2.10. The third kappa shape index (κ3) is 3.47. The zero-order valence-electron chi connectivity index (χ0n) is 15.1. The minimum Gasteiger partial charge on any atom is -0.497 e. The summed E-state index contributed by atoms with van der Waals surface area (Å²) in [4.78, 5) is 9.09. The second kappa shape index (κ2) is 7.47. The fourth-order valence-corrected chi connectivity index (χ4v) is 3.04. The molecule has 0 aliphatic rings. The van der Waals surface area contributed by atoms with Gasteiger partial charge in [-0.3, -0.25) is 4.40 Å². The highest BCUT2D eigenvalue weighted by Crippen LogP contribution is 2.24. The average Bonchev–Trinajstić information content (AvgIpc) is 3.22. The van der Waals surface area contributed by atoms with E-state index in [1.807, 2.05) is 53.2 Å². The van der Waals surface area contributed by atoms with Crippen LogP contribution in [0.3, 0.4) is 0 Å². The molecule has 136 valence electrons. The van der Waals surface area contributed by atoms with Crippen LogP contribution in [0.1, 0.15) is 11.1 Å². The van der Waals surface area contributed by atoms with Gasteiger partial charge in [0, 0.05) is 31.0 Å². The molecule has 27 heavy (non-hydrogen) atoms. The van der Waals surface area contributed by atoms with Crippen LogP contribution in [-0.2, 0) is 13.1 Å². The monoisotopic (exact) mass is 359 g/mol. The topological polar surface area (TPSA) is 77.5 Å². The van der Waals surface area contributed by atoms with Crippen LogP contribution in [0.5, 0.6) is 5.75 Å². The highest BCUT2D eigenvalue weighted by molar-refractivity contribution is 5.70. The maximum atomic E-state index is 5.77. The predicted octanol–water partition coefficient (Wildman–Crippen LogP) is 3.48. The first-order chi connectivity index (χ1) is 13.3. The van der Waals surface area contributed by atoms with E-state index in [9.17, 15) is 0 Å². The van der Waals surface area contributed by atoms with Crippen molar-refractivity contribution in [3.8, 4) is 17.0 Å². The predicted molar refractivity (Wildman–Crippen MR) is 107 cm³/mol. The number of aromatic nitrogens is 3. The Morgan fingerprint density at radius 3 is 2.70 bits per heavy atom. The van der Waals surface area contributed by atoms with E-state index in [0.29, 0.717) is 13.1 Å². The summed E-state index contributed by atoms with van der Waals surface area (Å²) in [6, 6.07) is 16.1. The molecule has 0 aliphatic carbocycles. The number of nitrogens with one attached hydrogen (secondary N) is 1. The molecule has 0 bridgehead atoms. The van der Waals surface area contributed by atoms with Crippen LogP contribution in [0.2, 0.25) is 0 Å². The molecule has 0 spiro atoms. The Hall–Kier alpha value is -3.38. The van der Waals surface area contributed by atoms with Crippen LogP contribution in [-0.4, -0.2) is 21.5 Å². The Morgan fingerprint density at radius 1 is 1.07 bits per heavy atom. The van der Waals surface area contributed by atoms with Crippen molar-refractivity contribution in [2.24, 2.45) is 5.73 Å². The quantitative estimate of drug-likeness (QED) is 0.551. The fraction of sp³-hybridized carbons (Fsp3) is 0.143. The van der Waals surface area contributed by atoms with Crippen molar-refractivity contribution in [3.05, 3.63) is 78.2 Å². The molecule has 0 saturated carbocycles. The van der Waals surface area contributed by atoms with Crippen LogP contribution in [0.4, 0.5) is 5.82 Å². The molecule has 0 unspecified atom stereocenters. The molecule has 0 radical (unpaired) electrons. The van der Waals surface area contributed by atoms with Gasteiger partial charge in [0.25, 0.3) is 0 Å². The highest BCUT2D eigenvalue weighted by atomic mass is 16.5. The molecule has 6 nitrogen and oxygen atoms in total. The lowest BCUT2D eigenvalue weighted by atomic mass is 10.1. The summed E-state index contributed by atoms with van der Waals surface area (Å²) < 4.78 is 7.24. The first-order valence-corrected chi connectivity index (χ1v) is 8.77. The van der Waals surface area contributed by atoms with Gasteiger partial charge in [-0.2, -0.15) is 0 Å². The summed E-state index contributed by atoms with van der Waals surface area (Å²) >= 11 is 0. The zero-order chi connectivity index (χ0) is 18.6. The van der Waals surface area contributed by atoms with E-state index in [-0.39, 0.29) is 0 Å². The Balaban J connectivity index is 1.62. The molecule has 0 fully saturated rings. The van der Waals surface area contributed by atoms with Crippen LogP contribution in [0.25, 0.3) is 16.9 Å². The first kappa shape index (κ1) is 17.1. The zero-order valence-corrected chi connectivity index (χ0v) is 15.1. The average molecular weight is 359 g/mol. The van der Waals surface area contributed by atoms with Crippen molar-refractivity contribution in [2.45, 2.75) is 13.1 Å². The molecular formula is C21H21N5O. The number of methoxy groups -OCH3 is 1. The SMILES string of the molecule is COc1ccc(CNc2ncc(-c3cccc(CN)c3)n3ccnc23)cc1. The number of anilines is 1. The van der Waals surface area contributed by atoms with Crippen LogP contribution >= 0.6 is 0 Å². The van der Waals surface area contributed by atoms with Crippen molar-refractivity contribution in [2.75, 3.05) is 12.4 Å². The summed E-state index contributed by atoms with van der Waals surface area (Å²) in [6.45, 7) is 1.16. The van der Waals surface area contributed by atoms with Gasteiger partial charge in [-0.25, -0.2) is 9.97 Å². The van der Waals surface area contributed by atoms with Gasteiger partial charge in [0.2, 0.25) is 0 Å². The smallest absolute Gasteiger partial charge is 0.180 e. The summed E-state index contributed by atoms with van der Waals surface area (Å²) in [5, 5.41) is 3.37. The summed E-state index contributed by atoms with van der Waals surface area (Å²) in [6.07, 6.45) is 5.59. The molecular weight excluding hydrogens is 338 g/mol. The summed E-state index contributed by atoms with van der Waals surface area (Å²) in [7, 11) is 1.66. The van der Waals surface area contributed by atoms with E-state index >= 15 is 0 Å². The third-order valence-electron chi connectivity index (χ3n) is 4.51. The molecule has 2 heterocycles. The number of ether oxygens (including phenoxy) is 1. The van der Waals surface area contributed by atoms with Crippen molar-refractivity contribution in [1.82, 2.24) is 14.4 Å². The molecule has 0 aliphatic heterocycles. The maximum absolute atomic E-state index is 5.77. The van der Waals surface area contributed by atoms with E-state index in [2.05, 4.69) is 27.4 Å². The van der Waals surface area contributed by atoms with E-state index in [0.717, 1.165) is 39.6 Å². The number of nitrogens with two attached hydrogens (primary N) is 1. The Kier molecular flexibility index (Phi) is 4.72. The molecule has 0 atom stereocenters. The van der Waals surface area contributed by atoms with Crippen LogP contribution < -0.4 is 15.8 Å². The van der Waals surface area contributed by atoms with Crippen LogP contribution in [0, 0.1) is 0 Å². The van der Waals surface area contributed by atoms with E-state index in [1.165, 1.54) is 0 Å². The van der Waals surface area contributed by atoms with E-state index < -0.39 is 0 Å². The molecule has 3 N–H and O–H groups in total. The lowest BCUT2D eigenvalue weighted by molar-refractivity contribution is 0.414. The Morgan fingerprint density at radius 2 is 1.93 bits per heavy atom. The van der Waals surface area contributed by atoms with Gasteiger partial charge in [-0.15, -0.1) is 0 Å². The second-order valence-corrected chi connectivity index (χ2v) is 6.22. The third-order valence-corrected chi connectivity index (χ3v) is 4.51. The maximum Gasteiger partial charge on any atom is 0.180 e. The number of benzene rings is 2. The van der Waals surface area contributed by atoms with Gasteiger partial charge in [-0.05, 0) is 29.3 Å². The number of nitrogens with zero attached hydrogens (tertiary/aromatic N) is 3. The minimum atomic E-state index is 0.510. The second-order valence-electron chi connectivity index (χ2n) is 6.22. The Labute approximate surface area is 157 Å². The Bertz CT molecular complexity index is 1060. The van der Waals surface area contributed by atoms with Crippen molar-refractivity contribution < 1.29 is 4.74 Å². The molecule has 2 aromatic carbocycles. The number of rotatable bonds is 6. The van der Waals surface area contributed by atoms with E-state index in [4.69, 9.17) is 10.5 Å². The molecule has 4 aromatic rings. The van der Waals surface area contributed by atoms with E-state index in [1.54, 1.807) is 13.3 Å². The number of fused-ring (bicyclic) bond motifs is 1. The van der Waals surface area contributed by atoms with Crippen LogP contribution in [0.15, 0.2) is 67.1 Å². The molecule has 2 aromatic heterocycles. The van der Waals surface area contributed by atoms with Gasteiger partial charge >= 0.3 is 0 Å². The lowest BCUT2D eigenvalue weighted by Gasteiger charge is -2.11. The molecule has 0 saturated heterocycles. The van der Waals surface area contributed by atoms with Gasteiger partial charge in [0.1, 0.15) is 5.75 Å². The standard InChI is InChI=1S/C21H21N5O/c1-27-18-7-5-15(6-8-18)13-24-20-21-23-9-10-26(21)19(14-25-20)17-4-2-3-16(11-17)12-22/h2-11,14H,12-13,22H2,1H3,(H,24,25). The van der Waals surface area contributed by atoms with Gasteiger partial charge in [-0.1, -0.05) is 30.3 Å². The van der Waals surface area contributed by atoms with Gasteiger partial charge in [0.05, 0.1) is 19.0 Å². The number of hydrogen-bond donors (Lipinski definition) is 2. The summed E-state index contributed by atoms with van der Waals surface area (Å²) in [5.41, 5.74) is 10.8. The minimum absolute atomic E-state index is 0.510. The van der Waals surface area contributed by atoms with Gasteiger partial charge < -0.3 is 15.8 Å². The van der Waals surface area contributed by atoms with Crippen molar-refractivity contribution >= 4 is 11.5 Å². The number of hydrogen-bond acceptors (Lipinski definition) is 5. The van der Waals surface area contributed by atoms with Crippen molar-refractivity contribution in [3.63, 3.8) is 0 Å². The summed E-state index contributed by atoms with van der Waals surface area (Å²) in [5.74, 6) is 1.59. The largest absolute Gasteiger partial charge is 0.497 e.